The van der Waals surface area contributed by atoms with Crippen LogP contribution < -0.4 is 10.5 Å². The normalized spacial score (nSPS) is 11.4. The van der Waals surface area contributed by atoms with Crippen molar-refractivity contribution in [3.05, 3.63) is 38.7 Å². The Morgan fingerprint density at radius 2 is 1.90 bits per heavy atom. The number of benzene rings is 1. The first kappa shape index (κ1) is 16.3. The summed E-state index contributed by atoms with van der Waals surface area (Å²) < 4.78 is 27.7. The molecule has 2 aromatic rings. The number of aryl methyl sites for hydroxylation is 1. The third-order valence-electron chi connectivity index (χ3n) is 2.49. The van der Waals surface area contributed by atoms with Crippen LogP contribution >= 0.6 is 39.1 Å². The molecule has 0 saturated heterocycles. The summed E-state index contributed by atoms with van der Waals surface area (Å²) in [6.45, 7) is 1.65. The van der Waals surface area contributed by atoms with Crippen molar-refractivity contribution < 1.29 is 8.42 Å². The number of nitrogens with one attached hydrogen (secondary N) is 1. The fourth-order valence-corrected chi connectivity index (χ4v) is 3.71. The molecule has 0 saturated carbocycles. The van der Waals surface area contributed by atoms with Crippen molar-refractivity contribution in [1.82, 2.24) is 9.97 Å². The molecule has 21 heavy (non-hydrogen) atoms. The zero-order valence-electron chi connectivity index (χ0n) is 10.6. The second-order valence-electron chi connectivity index (χ2n) is 4.09. The Bertz CT molecular complexity index is 794. The Hall–Kier alpha value is -1.09. The average Bonchev–Trinajstić information content (AvgIpc) is 2.31. The van der Waals surface area contributed by atoms with Crippen LogP contribution in [0.2, 0.25) is 10.4 Å². The minimum atomic E-state index is -3.88. The van der Waals surface area contributed by atoms with Crippen LogP contribution in [0.3, 0.4) is 0 Å². The first-order valence-corrected chi connectivity index (χ1v) is 8.51. The molecule has 0 unspecified atom stereocenters. The van der Waals surface area contributed by atoms with Gasteiger partial charge in [-0.25, -0.2) is 13.4 Å². The van der Waals surface area contributed by atoms with Gasteiger partial charge >= 0.3 is 0 Å². The van der Waals surface area contributed by atoms with Crippen LogP contribution in [-0.4, -0.2) is 18.4 Å². The minimum Gasteiger partial charge on any atom is -0.398 e. The molecule has 0 atom stereocenters. The molecule has 10 heteroatoms. The van der Waals surface area contributed by atoms with Gasteiger partial charge in [0.25, 0.3) is 10.0 Å². The van der Waals surface area contributed by atoms with Gasteiger partial charge in [0.05, 0.1) is 4.90 Å². The molecule has 1 aromatic heterocycles. The van der Waals surface area contributed by atoms with E-state index in [-0.39, 0.29) is 21.2 Å². The third kappa shape index (κ3) is 3.76. The first-order valence-electron chi connectivity index (χ1n) is 5.47. The number of nitrogens with two attached hydrogens (primary N) is 1. The Kier molecular flexibility index (Phi) is 4.62. The van der Waals surface area contributed by atoms with Crippen molar-refractivity contribution in [2.75, 3.05) is 10.5 Å². The van der Waals surface area contributed by atoms with E-state index in [4.69, 9.17) is 28.9 Å². The molecule has 0 bridgehead atoms. The molecular weight excluding hydrogens is 403 g/mol. The predicted molar refractivity (Wildman–Crippen MR) is 86.2 cm³/mol. The van der Waals surface area contributed by atoms with Gasteiger partial charge in [-0.2, -0.15) is 4.98 Å². The molecule has 0 aliphatic heterocycles. The van der Waals surface area contributed by atoms with E-state index < -0.39 is 10.0 Å². The molecule has 2 rings (SSSR count). The highest BCUT2D eigenvalue weighted by molar-refractivity contribution is 9.10. The lowest BCUT2D eigenvalue weighted by Crippen LogP contribution is -2.16. The van der Waals surface area contributed by atoms with Crippen molar-refractivity contribution in [3.63, 3.8) is 0 Å². The molecule has 1 heterocycles. The average molecular weight is 412 g/mol. The molecule has 0 aliphatic carbocycles. The van der Waals surface area contributed by atoms with E-state index in [9.17, 15) is 8.42 Å². The Morgan fingerprint density at radius 1 is 1.24 bits per heavy atom. The molecule has 112 valence electrons. The van der Waals surface area contributed by atoms with Gasteiger partial charge in [0, 0.05) is 16.2 Å². The molecular formula is C11H9BrCl2N4O2S. The van der Waals surface area contributed by atoms with Gasteiger partial charge in [0.2, 0.25) is 5.28 Å². The molecule has 0 amide bonds. The molecule has 0 aliphatic rings. The van der Waals surface area contributed by atoms with Crippen LogP contribution in [0.15, 0.2) is 27.6 Å². The topological polar surface area (TPSA) is 98.0 Å². The highest BCUT2D eigenvalue weighted by Gasteiger charge is 2.19. The number of rotatable bonds is 3. The van der Waals surface area contributed by atoms with E-state index in [1.165, 1.54) is 12.1 Å². The fourth-order valence-electron chi connectivity index (χ4n) is 1.59. The number of nitrogens with zero attached hydrogens (tertiary/aromatic N) is 2. The van der Waals surface area contributed by atoms with E-state index in [2.05, 4.69) is 30.6 Å². The smallest absolute Gasteiger partial charge is 0.263 e. The number of nitrogen functional groups attached to an aromatic ring is 1. The number of sulfonamides is 1. The number of hydrogen-bond acceptors (Lipinski definition) is 5. The number of anilines is 2. The summed E-state index contributed by atoms with van der Waals surface area (Å²) in [4.78, 5) is 7.43. The Labute approximate surface area is 139 Å². The number of hydrogen-bond donors (Lipinski definition) is 2. The van der Waals surface area contributed by atoms with Gasteiger partial charge < -0.3 is 5.73 Å². The lowest BCUT2D eigenvalue weighted by atomic mass is 10.2. The maximum Gasteiger partial charge on any atom is 0.263 e. The van der Waals surface area contributed by atoms with E-state index in [1.54, 1.807) is 13.0 Å². The zero-order valence-corrected chi connectivity index (χ0v) is 14.5. The monoisotopic (exact) mass is 410 g/mol. The number of halogens is 3. The molecule has 1 aromatic carbocycles. The van der Waals surface area contributed by atoms with Crippen LogP contribution in [0.4, 0.5) is 11.5 Å². The summed E-state index contributed by atoms with van der Waals surface area (Å²) in [5.74, 6) is -0.0270. The summed E-state index contributed by atoms with van der Waals surface area (Å²) in [5, 5.41) is -0.132. The van der Waals surface area contributed by atoms with Gasteiger partial charge in [0.15, 0.2) is 0 Å². The summed E-state index contributed by atoms with van der Waals surface area (Å²) in [6, 6.07) is 4.22. The van der Waals surface area contributed by atoms with E-state index >= 15 is 0 Å². The maximum absolute atomic E-state index is 12.4. The van der Waals surface area contributed by atoms with E-state index in [0.29, 0.717) is 15.7 Å². The molecule has 0 radical (unpaired) electrons. The van der Waals surface area contributed by atoms with Crippen LogP contribution in [0.25, 0.3) is 0 Å². The van der Waals surface area contributed by atoms with Crippen molar-refractivity contribution in [3.8, 4) is 0 Å². The zero-order chi connectivity index (χ0) is 15.8. The Morgan fingerprint density at radius 3 is 2.52 bits per heavy atom. The van der Waals surface area contributed by atoms with Crippen molar-refractivity contribution >= 4 is 60.7 Å². The van der Waals surface area contributed by atoms with Crippen LogP contribution in [0, 0.1) is 6.92 Å². The van der Waals surface area contributed by atoms with Gasteiger partial charge in [-0.15, -0.1) is 0 Å². The molecule has 3 N–H and O–H groups in total. The van der Waals surface area contributed by atoms with Crippen molar-refractivity contribution in [1.29, 1.82) is 0 Å². The van der Waals surface area contributed by atoms with Crippen LogP contribution in [0.5, 0.6) is 0 Å². The van der Waals surface area contributed by atoms with Crippen molar-refractivity contribution in [2.24, 2.45) is 0 Å². The minimum absolute atomic E-state index is 0.0270. The maximum atomic E-state index is 12.4. The van der Waals surface area contributed by atoms with Gasteiger partial charge in [-0.1, -0.05) is 11.6 Å². The van der Waals surface area contributed by atoms with E-state index in [0.717, 1.165) is 0 Å². The first-order chi connectivity index (χ1) is 9.69. The summed E-state index contributed by atoms with van der Waals surface area (Å²) >= 11 is 14.6. The van der Waals surface area contributed by atoms with Crippen molar-refractivity contribution in [2.45, 2.75) is 11.8 Å². The Balaban J connectivity index is 2.45. The standard InChI is InChI=1S/C11H9BrCl2N4O2S/c1-5-2-6(12)7(15)3-8(5)21(19,20)18-10-4-9(13)16-11(14)17-10/h2-4H,15H2,1H3,(H,16,17,18). The highest BCUT2D eigenvalue weighted by atomic mass is 79.9. The predicted octanol–water partition coefficient (Wildman–Crippen LogP) is 3.24. The SMILES string of the molecule is Cc1cc(Br)c(N)cc1S(=O)(=O)Nc1cc(Cl)nc(Cl)n1. The van der Waals surface area contributed by atoms with E-state index in [1.807, 2.05) is 0 Å². The summed E-state index contributed by atoms with van der Waals surface area (Å²) in [7, 11) is -3.88. The molecule has 0 fully saturated rings. The van der Waals surface area contributed by atoms with Gasteiger partial charge in [0.1, 0.15) is 11.0 Å². The molecule has 0 spiro atoms. The second kappa shape index (κ2) is 5.96. The van der Waals surface area contributed by atoms with Gasteiger partial charge in [-0.3, -0.25) is 4.72 Å². The van der Waals surface area contributed by atoms with Crippen LogP contribution in [-0.2, 0) is 10.0 Å². The lowest BCUT2D eigenvalue weighted by molar-refractivity contribution is 0.600. The van der Waals surface area contributed by atoms with Gasteiger partial charge in [-0.05, 0) is 52.2 Å². The molecule has 6 nitrogen and oxygen atoms in total. The third-order valence-corrected chi connectivity index (χ3v) is 5.04. The quantitative estimate of drug-likeness (QED) is 0.459. The fraction of sp³-hybridized carbons (Fsp3) is 0.0909. The largest absolute Gasteiger partial charge is 0.398 e. The second-order valence-corrected chi connectivity index (χ2v) is 7.32. The summed E-state index contributed by atoms with van der Waals surface area (Å²) in [6.07, 6.45) is 0. The van der Waals surface area contributed by atoms with Crippen LogP contribution in [0.1, 0.15) is 5.56 Å². The summed E-state index contributed by atoms with van der Waals surface area (Å²) in [5.41, 5.74) is 6.55. The number of aromatic nitrogens is 2. The lowest BCUT2D eigenvalue weighted by Gasteiger charge is -2.11. The highest BCUT2D eigenvalue weighted by Crippen LogP contribution is 2.28.